The maximum atomic E-state index is 11.3. The van der Waals surface area contributed by atoms with Gasteiger partial charge in [-0.15, -0.1) is 0 Å². The molecule has 17 heavy (non-hydrogen) atoms. The van der Waals surface area contributed by atoms with Crippen molar-refractivity contribution in [1.82, 2.24) is 0 Å². The Hall–Kier alpha value is -1.51. The van der Waals surface area contributed by atoms with E-state index in [-0.39, 0.29) is 6.04 Å². The molecule has 1 heterocycles. The quantitative estimate of drug-likeness (QED) is 0.867. The Balaban J connectivity index is 1.93. The molecule has 0 radical (unpaired) electrons. The molecule has 1 unspecified atom stereocenters. The minimum atomic E-state index is -0.680. The SMILES string of the molecule is O=C(O)C1CCc2ccccc2N1CC1CC1. The highest BCUT2D eigenvalue weighted by atomic mass is 16.4. The summed E-state index contributed by atoms with van der Waals surface area (Å²) in [4.78, 5) is 13.4. The Morgan fingerprint density at radius 2 is 2.06 bits per heavy atom. The molecule has 3 nitrogen and oxygen atoms in total. The summed E-state index contributed by atoms with van der Waals surface area (Å²) in [5.41, 5.74) is 2.43. The molecule has 1 saturated carbocycles. The van der Waals surface area contributed by atoms with E-state index in [1.807, 2.05) is 12.1 Å². The summed E-state index contributed by atoms with van der Waals surface area (Å²) in [6, 6.07) is 7.89. The van der Waals surface area contributed by atoms with E-state index in [0.29, 0.717) is 5.92 Å². The van der Waals surface area contributed by atoms with Crippen molar-refractivity contribution in [3.8, 4) is 0 Å². The number of fused-ring (bicyclic) bond motifs is 1. The first-order chi connectivity index (χ1) is 8.25. The zero-order valence-electron chi connectivity index (χ0n) is 9.80. The monoisotopic (exact) mass is 231 g/mol. The highest BCUT2D eigenvalue weighted by Gasteiger charge is 2.34. The Morgan fingerprint density at radius 1 is 1.29 bits per heavy atom. The van der Waals surface area contributed by atoms with Gasteiger partial charge in [-0.05, 0) is 43.2 Å². The fourth-order valence-corrected chi connectivity index (χ4v) is 2.68. The van der Waals surface area contributed by atoms with Crippen LogP contribution in [0.1, 0.15) is 24.8 Å². The summed E-state index contributed by atoms with van der Waals surface area (Å²) in [6.45, 7) is 0.911. The molecule has 90 valence electrons. The Morgan fingerprint density at radius 3 is 2.76 bits per heavy atom. The van der Waals surface area contributed by atoms with Crippen LogP contribution in [-0.2, 0) is 11.2 Å². The zero-order chi connectivity index (χ0) is 11.8. The van der Waals surface area contributed by atoms with Crippen molar-refractivity contribution in [2.45, 2.75) is 31.7 Å². The lowest BCUT2D eigenvalue weighted by atomic mass is 9.95. The molecule has 1 aliphatic heterocycles. The minimum absolute atomic E-state index is 0.328. The van der Waals surface area contributed by atoms with Gasteiger partial charge in [0.05, 0.1) is 0 Å². The number of anilines is 1. The van der Waals surface area contributed by atoms with Crippen molar-refractivity contribution in [1.29, 1.82) is 0 Å². The molecular formula is C14H17NO2. The largest absolute Gasteiger partial charge is 0.480 e. The fraction of sp³-hybridized carbons (Fsp3) is 0.500. The fourth-order valence-electron chi connectivity index (χ4n) is 2.68. The molecule has 1 atom stereocenters. The highest BCUT2D eigenvalue weighted by Crippen LogP contribution is 2.36. The normalized spacial score (nSPS) is 23.3. The number of nitrogens with zero attached hydrogens (tertiary/aromatic N) is 1. The Bertz CT molecular complexity index is 440. The first kappa shape index (κ1) is 10.6. The molecule has 1 fully saturated rings. The molecule has 3 heteroatoms. The zero-order valence-corrected chi connectivity index (χ0v) is 9.80. The van der Waals surface area contributed by atoms with Gasteiger partial charge in [-0.25, -0.2) is 4.79 Å². The summed E-state index contributed by atoms with van der Waals surface area (Å²) in [5.74, 6) is 0.0307. The number of hydrogen-bond donors (Lipinski definition) is 1. The molecule has 0 aromatic heterocycles. The van der Waals surface area contributed by atoms with Crippen molar-refractivity contribution in [3.63, 3.8) is 0 Å². The first-order valence-corrected chi connectivity index (χ1v) is 6.33. The lowest BCUT2D eigenvalue weighted by Gasteiger charge is -2.36. The highest BCUT2D eigenvalue weighted by molar-refractivity contribution is 5.80. The maximum absolute atomic E-state index is 11.3. The van der Waals surface area contributed by atoms with Gasteiger partial charge in [-0.1, -0.05) is 18.2 Å². The lowest BCUT2D eigenvalue weighted by molar-refractivity contribution is -0.138. The number of aliphatic carboxylic acids is 1. The Kier molecular flexibility index (Phi) is 2.54. The molecule has 1 aromatic carbocycles. The second kappa shape index (κ2) is 4.06. The van der Waals surface area contributed by atoms with Crippen LogP contribution in [0.2, 0.25) is 0 Å². The van der Waals surface area contributed by atoms with Gasteiger partial charge in [0.15, 0.2) is 0 Å². The third-order valence-corrected chi connectivity index (χ3v) is 3.80. The molecule has 0 bridgehead atoms. The number of carboxylic acid groups (broad SMARTS) is 1. The van der Waals surface area contributed by atoms with Crippen molar-refractivity contribution < 1.29 is 9.90 Å². The molecule has 1 aromatic rings. The van der Waals surface area contributed by atoms with Crippen LogP contribution in [-0.4, -0.2) is 23.7 Å². The number of carbonyl (C=O) groups is 1. The van der Waals surface area contributed by atoms with Crippen LogP contribution in [0.3, 0.4) is 0 Å². The van der Waals surface area contributed by atoms with Crippen LogP contribution in [0.25, 0.3) is 0 Å². The van der Waals surface area contributed by atoms with Gasteiger partial charge in [-0.2, -0.15) is 0 Å². The third kappa shape index (κ3) is 2.02. The van der Waals surface area contributed by atoms with Gasteiger partial charge >= 0.3 is 5.97 Å². The van der Waals surface area contributed by atoms with Crippen molar-refractivity contribution in [2.75, 3.05) is 11.4 Å². The average Bonchev–Trinajstić information content (AvgIpc) is 3.13. The summed E-state index contributed by atoms with van der Waals surface area (Å²) >= 11 is 0. The van der Waals surface area contributed by atoms with Crippen LogP contribution in [0, 0.1) is 5.92 Å². The van der Waals surface area contributed by atoms with Crippen LogP contribution in [0.5, 0.6) is 0 Å². The van der Waals surface area contributed by atoms with E-state index < -0.39 is 5.97 Å². The van der Waals surface area contributed by atoms with E-state index in [1.165, 1.54) is 18.4 Å². The van der Waals surface area contributed by atoms with Crippen LogP contribution < -0.4 is 4.90 Å². The summed E-state index contributed by atoms with van der Waals surface area (Å²) < 4.78 is 0. The number of carboxylic acids is 1. The second-order valence-electron chi connectivity index (χ2n) is 5.12. The van der Waals surface area contributed by atoms with Crippen LogP contribution in [0.15, 0.2) is 24.3 Å². The topological polar surface area (TPSA) is 40.5 Å². The standard InChI is InChI=1S/C14H17NO2/c16-14(17)13-8-7-11-3-1-2-4-12(11)15(13)9-10-5-6-10/h1-4,10,13H,5-9H2,(H,16,17). The molecular weight excluding hydrogens is 214 g/mol. The number of para-hydroxylation sites is 1. The smallest absolute Gasteiger partial charge is 0.326 e. The van der Waals surface area contributed by atoms with Crippen molar-refractivity contribution in [3.05, 3.63) is 29.8 Å². The van der Waals surface area contributed by atoms with E-state index in [4.69, 9.17) is 0 Å². The van der Waals surface area contributed by atoms with Gasteiger partial charge in [0.25, 0.3) is 0 Å². The van der Waals surface area contributed by atoms with Gasteiger partial charge < -0.3 is 10.0 Å². The summed E-state index contributed by atoms with van der Waals surface area (Å²) in [5, 5.41) is 9.33. The summed E-state index contributed by atoms with van der Waals surface area (Å²) in [7, 11) is 0. The minimum Gasteiger partial charge on any atom is -0.480 e. The molecule has 0 spiro atoms. The number of hydrogen-bond acceptors (Lipinski definition) is 2. The van der Waals surface area contributed by atoms with Crippen LogP contribution in [0.4, 0.5) is 5.69 Å². The number of rotatable bonds is 3. The number of benzene rings is 1. The van der Waals surface area contributed by atoms with Crippen molar-refractivity contribution in [2.24, 2.45) is 5.92 Å². The first-order valence-electron chi connectivity index (χ1n) is 6.33. The van der Waals surface area contributed by atoms with E-state index in [1.54, 1.807) is 0 Å². The predicted molar refractivity (Wildman–Crippen MR) is 66.3 cm³/mol. The van der Waals surface area contributed by atoms with Crippen LogP contribution >= 0.6 is 0 Å². The third-order valence-electron chi connectivity index (χ3n) is 3.80. The number of aryl methyl sites for hydroxylation is 1. The Labute approximate surface area is 101 Å². The average molecular weight is 231 g/mol. The molecule has 2 aliphatic rings. The predicted octanol–water partition coefficient (Wildman–Crippen LogP) is 2.30. The maximum Gasteiger partial charge on any atom is 0.326 e. The second-order valence-corrected chi connectivity index (χ2v) is 5.12. The van der Waals surface area contributed by atoms with E-state index in [9.17, 15) is 9.90 Å². The molecule has 1 aliphatic carbocycles. The van der Waals surface area contributed by atoms with E-state index in [0.717, 1.165) is 25.1 Å². The lowest BCUT2D eigenvalue weighted by Crippen LogP contribution is -2.45. The van der Waals surface area contributed by atoms with Gasteiger partial charge in [0.2, 0.25) is 0 Å². The molecule has 0 saturated heterocycles. The van der Waals surface area contributed by atoms with E-state index >= 15 is 0 Å². The van der Waals surface area contributed by atoms with E-state index in [2.05, 4.69) is 17.0 Å². The van der Waals surface area contributed by atoms with Crippen molar-refractivity contribution >= 4 is 11.7 Å². The molecule has 3 rings (SSSR count). The van der Waals surface area contributed by atoms with Gasteiger partial charge in [0.1, 0.15) is 6.04 Å². The van der Waals surface area contributed by atoms with Gasteiger partial charge in [-0.3, -0.25) is 0 Å². The van der Waals surface area contributed by atoms with Gasteiger partial charge in [0, 0.05) is 12.2 Å². The molecule has 0 amide bonds. The molecule has 1 N–H and O–H groups in total. The summed E-state index contributed by atoms with van der Waals surface area (Å²) in [6.07, 6.45) is 4.13.